The van der Waals surface area contributed by atoms with Crippen LogP contribution in [-0.4, -0.2) is 28.0 Å². The molecule has 2 aromatic carbocycles. The van der Waals surface area contributed by atoms with E-state index < -0.39 is 10.0 Å². The van der Waals surface area contributed by atoms with Gasteiger partial charge < -0.3 is 10.1 Å². The van der Waals surface area contributed by atoms with E-state index in [1.807, 2.05) is 0 Å². The van der Waals surface area contributed by atoms with Crippen molar-refractivity contribution in [3.05, 3.63) is 53.1 Å². The van der Waals surface area contributed by atoms with Gasteiger partial charge in [-0.25, -0.2) is 8.42 Å². The third kappa shape index (κ3) is 5.61. The molecule has 2 rings (SSSR count). The van der Waals surface area contributed by atoms with Crippen LogP contribution in [0, 0.1) is 0 Å². The van der Waals surface area contributed by atoms with E-state index >= 15 is 0 Å². The van der Waals surface area contributed by atoms with Crippen LogP contribution < -0.4 is 14.8 Å². The molecule has 0 saturated carbocycles. The highest BCUT2D eigenvalue weighted by Crippen LogP contribution is 2.29. The summed E-state index contributed by atoms with van der Waals surface area (Å²) in [6, 6.07) is 10.8. The molecule has 0 bridgehead atoms. The van der Waals surface area contributed by atoms with Gasteiger partial charge in [0, 0.05) is 12.1 Å². The van der Waals surface area contributed by atoms with Gasteiger partial charge in [0.2, 0.25) is 0 Å². The minimum absolute atomic E-state index is 0.0277. The number of amides is 1. The third-order valence-electron chi connectivity index (χ3n) is 3.90. The lowest BCUT2D eigenvalue weighted by molar-refractivity contribution is 0.0952. The zero-order valence-corrected chi connectivity index (χ0v) is 16.9. The SMILES string of the molecule is CCCCCNC(=O)c1ccc(Cl)c(S(=O)(=O)Nc2ccccc2OC)c1. The van der Waals surface area contributed by atoms with Crippen LogP contribution in [0.25, 0.3) is 0 Å². The Bertz CT molecular complexity index is 900. The summed E-state index contributed by atoms with van der Waals surface area (Å²) < 4.78 is 33.2. The number of rotatable bonds is 9. The Labute approximate surface area is 164 Å². The number of halogens is 1. The number of hydrogen-bond donors (Lipinski definition) is 2. The van der Waals surface area contributed by atoms with Crippen LogP contribution in [0.15, 0.2) is 47.4 Å². The number of carbonyl (C=O) groups is 1. The van der Waals surface area contributed by atoms with Crippen LogP contribution in [0.5, 0.6) is 5.75 Å². The van der Waals surface area contributed by atoms with Gasteiger partial charge in [-0.15, -0.1) is 0 Å². The first-order valence-electron chi connectivity index (χ1n) is 8.62. The van der Waals surface area contributed by atoms with Crippen LogP contribution in [-0.2, 0) is 10.0 Å². The van der Waals surface area contributed by atoms with Crippen LogP contribution in [0.1, 0.15) is 36.5 Å². The minimum Gasteiger partial charge on any atom is -0.495 e. The highest BCUT2D eigenvalue weighted by Gasteiger charge is 2.21. The first kappa shape index (κ1) is 21.1. The number of carbonyl (C=O) groups excluding carboxylic acids is 1. The van der Waals surface area contributed by atoms with E-state index in [0.717, 1.165) is 19.3 Å². The number of nitrogens with one attached hydrogen (secondary N) is 2. The normalized spacial score (nSPS) is 11.1. The molecule has 0 unspecified atom stereocenters. The topological polar surface area (TPSA) is 84.5 Å². The monoisotopic (exact) mass is 410 g/mol. The fourth-order valence-corrected chi connectivity index (χ4v) is 4.06. The average Bonchev–Trinajstić information content (AvgIpc) is 2.65. The van der Waals surface area contributed by atoms with Gasteiger partial charge in [0.1, 0.15) is 10.6 Å². The van der Waals surface area contributed by atoms with Gasteiger partial charge in [-0.2, -0.15) is 0 Å². The van der Waals surface area contributed by atoms with Crippen LogP contribution >= 0.6 is 11.6 Å². The van der Waals surface area contributed by atoms with E-state index in [1.54, 1.807) is 24.3 Å². The van der Waals surface area contributed by atoms with Gasteiger partial charge in [-0.3, -0.25) is 9.52 Å². The van der Waals surface area contributed by atoms with Crippen molar-refractivity contribution in [1.82, 2.24) is 5.32 Å². The van der Waals surface area contributed by atoms with Crippen molar-refractivity contribution in [2.75, 3.05) is 18.4 Å². The first-order chi connectivity index (χ1) is 12.9. The lowest BCUT2D eigenvalue weighted by atomic mass is 10.2. The van der Waals surface area contributed by atoms with Crippen LogP contribution in [0.3, 0.4) is 0 Å². The number of sulfonamides is 1. The number of hydrogen-bond acceptors (Lipinski definition) is 4. The maximum atomic E-state index is 12.8. The Hall–Kier alpha value is -2.25. The van der Waals surface area contributed by atoms with Gasteiger partial charge in [-0.1, -0.05) is 43.5 Å². The Morgan fingerprint density at radius 3 is 2.59 bits per heavy atom. The maximum Gasteiger partial charge on any atom is 0.263 e. The van der Waals surface area contributed by atoms with Gasteiger partial charge >= 0.3 is 0 Å². The van der Waals surface area contributed by atoms with Crippen molar-refractivity contribution in [2.45, 2.75) is 31.1 Å². The summed E-state index contributed by atoms with van der Waals surface area (Å²) in [7, 11) is -2.56. The summed E-state index contributed by atoms with van der Waals surface area (Å²) in [5.74, 6) is 0.0403. The number of unbranched alkanes of at least 4 members (excludes halogenated alkanes) is 2. The molecule has 0 fully saturated rings. The molecule has 0 aliphatic carbocycles. The van der Waals surface area contributed by atoms with E-state index in [0.29, 0.717) is 12.3 Å². The van der Waals surface area contributed by atoms with E-state index in [4.69, 9.17) is 16.3 Å². The van der Waals surface area contributed by atoms with Crippen LogP contribution in [0.2, 0.25) is 5.02 Å². The molecule has 2 N–H and O–H groups in total. The van der Waals surface area contributed by atoms with Gasteiger partial charge in [0.15, 0.2) is 0 Å². The average molecular weight is 411 g/mol. The summed E-state index contributed by atoms with van der Waals surface area (Å²) in [5, 5.41) is 2.81. The molecule has 1 amide bonds. The molecular weight excluding hydrogens is 388 g/mol. The smallest absolute Gasteiger partial charge is 0.263 e. The summed E-state index contributed by atoms with van der Waals surface area (Å²) in [4.78, 5) is 12.1. The second-order valence-electron chi connectivity index (χ2n) is 5.91. The molecule has 0 aromatic heterocycles. The van der Waals surface area contributed by atoms with E-state index in [9.17, 15) is 13.2 Å². The fourth-order valence-electron chi connectivity index (χ4n) is 2.46. The standard InChI is InChI=1S/C19H23ClN2O4S/c1-3-4-7-12-21-19(23)14-10-11-15(20)18(13-14)27(24,25)22-16-8-5-6-9-17(16)26-2/h5-6,8-11,13,22H,3-4,7,12H2,1-2H3,(H,21,23). The number of ether oxygens (including phenoxy) is 1. The summed E-state index contributed by atoms with van der Waals surface area (Å²) in [6.07, 6.45) is 2.94. The molecule has 0 atom stereocenters. The van der Waals surface area contributed by atoms with Crippen molar-refractivity contribution in [2.24, 2.45) is 0 Å². The van der Waals surface area contributed by atoms with Crippen LogP contribution in [0.4, 0.5) is 5.69 Å². The van der Waals surface area contributed by atoms with Gasteiger partial charge in [-0.05, 0) is 36.8 Å². The lowest BCUT2D eigenvalue weighted by Crippen LogP contribution is -2.25. The highest BCUT2D eigenvalue weighted by molar-refractivity contribution is 7.92. The van der Waals surface area contributed by atoms with Crippen molar-refractivity contribution in [3.8, 4) is 5.75 Å². The fraction of sp³-hybridized carbons (Fsp3) is 0.316. The lowest BCUT2D eigenvalue weighted by Gasteiger charge is -2.13. The molecule has 0 saturated heterocycles. The summed E-state index contributed by atoms with van der Waals surface area (Å²) in [6.45, 7) is 2.61. The Kier molecular flexibility index (Phi) is 7.50. The molecule has 8 heteroatoms. The summed E-state index contributed by atoms with van der Waals surface area (Å²) >= 11 is 6.09. The molecule has 0 radical (unpaired) electrons. The predicted octanol–water partition coefficient (Wildman–Crippen LogP) is 4.07. The molecule has 0 heterocycles. The molecule has 0 spiro atoms. The molecule has 0 aliphatic heterocycles. The largest absolute Gasteiger partial charge is 0.495 e. The second-order valence-corrected chi connectivity index (χ2v) is 7.97. The van der Waals surface area contributed by atoms with Crippen molar-refractivity contribution >= 4 is 33.2 Å². The van der Waals surface area contributed by atoms with Gasteiger partial charge in [0.05, 0.1) is 17.8 Å². The van der Waals surface area contributed by atoms with Crippen molar-refractivity contribution in [3.63, 3.8) is 0 Å². The minimum atomic E-state index is -4.00. The number of methoxy groups -OCH3 is 1. The van der Waals surface area contributed by atoms with E-state index in [2.05, 4.69) is 17.0 Å². The number of benzene rings is 2. The summed E-state index contributed by atoms with van der Waals surface area (Å²) in [5.41, 5.74) is 0.516. The predicted molar refractivity (Wildman–Crippen MR) is 107 cm³/mol. The third-order valence-corrected chi connectivity index (χ3v) is 5.75. The van der Waals surface area contributed by atoms with Crippen molar-refractivity contribution in [1.29, 1.82) is 0 Å². The van der Waals surface area contributed by atoms with Crippen molar-refractivity contribution < 1.29 is 17.9 Å². The molecule has 146 valence electrons. The second kappa shape index (κ2) is 9.62. The van der Waals surface area contributed by atoms with E-state index in [-0.39, 0.29) is 27.1 Å². The number of anilines is 1. The Morgan fingerprint density at radius 2 is 1.89 bits per heavy atom. The molecule has 6 nitrogen and oxygen atoms in total. The molecule has 2 aromatic rings. The van der Waals surface area contributed by atoms with Gasteiger partial charge in [0.25, 0.3) is 15.9 Å². The number of para-hydroxylation sites is 2. The first-order valence-corrected chi connectivity index (χ1v) is 10.5. The Morgan fingerprint density at radius 1 is 1.15 bits per heavy atom. The molecular formula is C19H23ClN2O4S. The quantitative estimate of drug-likeness (QED) is 0.610. The zero-order chi connectivity index (χ0) is 19.9. The molecule has 0 aliphatic rings. The highest BCUT2D eigenvalue weighted by atomic mass is 35.5. The Balaban J connectivity index is 2.24. The zero-order valence-electron chi connectivity index (χ0n) is 15.3. The van der Waals surface area contributed by atoms with E-state index in [1.165, 1.54) is 25.3 Å². The maximum absolute atomic E-state index is 12.8. The molecule has 27 heavy (non-hydrogen) atoms.